The van der Waals surface area contributed by atoms with E-state index in [-0.39, 0.29) is 5.91 Å². The van der Waals surface area contributed by atoms with Gasteiger partial charge < -0.3 is 10.4 Å². The molecule has 2 aromatic rings. The maximum atomic E-state index is 11.0. The van der Waals surface area contributed by atoms with E-state index < -0.39 is 5.97 Å². The average molecular weight is 301 g/mol. The molecular weight excluding hydrogens is 286 g/mol. The molecule has 0 atom stereocenters. The van der Waals surface area contributed by atoms with E-state index in [0.717, 1.165) is 21.0 Å². The second-order valence-corrected chi connectivity index (χ2v) is 5.74. The Labute approximate surface area is 127 Å². The first-order chi connectivity index (χ1) is 9.95. The molecule has 2 rings (SSSR count). The third kappa shape index (κ3) is 4.10. The monoisotopic (exact) mass is 301 g/mol. The van der Waals surface area contributed by atoms with Crippen molar-refractivity contribution in [2.75, 3.05) is 5.32 Å². The van der Waals surface area contributed by atoms with Crippen LogP contribution in [-0.2, 0) is 4.79 Å². The van der Waals surface area contributed by atoms with Crippen molar-refractivity contribution >= 4 is 29.3 Å². The van der Waals surface area contributed by atoms with E-state index in [2.05, 4.69) is 5.32 Å². The molecule has 0 fully saturated rings. The van der Waals surface area contributed by atoms with E-state index in [1.807, 2.05) is 30.3 Å². The lowest BCUT2D eigenvalue weighted by Gasteiger charge is -2.07. The highest BCUT2D eigenvalue weighted by Gasteiger charge is 2.07. The van der Waals surface area contributed by atoms with Crippen LogP contribution in [0.2, 0.25) is 0 Å². The van der Waals surface area contributed by atoms with Gasteiger partial charge in [0.25, 0.3) is 0 Å². The van der Waals surface area contributed by atoms with Crippen LogP contribution in [0, 0.1) is 6.92 Å². The Morgan fingerprint density at radius 3 is 2.19 bits per heavy atom. The van der Waals surface area contributed by atoms with Crippen molar-refractivity contribution in [2.24, 2.45) is 0 Å². The zero-order valence-corrected chi connectivity index (χ0v) is 12.5. The van der Waals surface area contributed by atoms with Gasteiger partial charge in [-0.2, -0.15) is 0 Å². The molecule has 2 aromatic carbocycles. The van der Waals surface area contributed by atoms with E-state index >= 15 is 0 Å². The lowest BCUT2D eigenvalue weighted by molar-refractivity contribution is -0.114. The molecule has 0 aliphatic carbocycles. The molecule has 0 heterocycles. The van der Waals surface area contributed by atoms with Gasteiger partial charge in [-0.15, -0.1) is 0 Å². The van der Waals surface area contributed by atoms with Crippen molar-refractivity contribution in [3.05, 3.63) is 53.6 Å². The summed E-state index contributed by atoms with van der Waals surface area (Å²) in [5.74, 6) is -1.01. The molecule has 1 amide bonds. The Morgan fingerprint density at radius 1 is 1.05 bits per heavy atom. The molecule has 2 N–H and O–H groups in total. The summed E-state index contributed by atoms with van der Waals surface area (Å²) < 4.78 is 0. The fourth-order valence-electron chi connectivity index (χ4n) is 1.89. The predicted octanol–water partition coefficient (Wildman–Crippen LogP) is 3.80. The number of nitrogens with one attached hydrogen (secondary N) is 1. The van der Waals surface area contributed by atoms with Gasteiger partial charge in [0.15, 0.2) is 0 Å². The zero-order valence-electron chi connectivity index (χ0n) is 11.7. The van der Waals surface area contributed by atoms with Crippen LogP contribution in [0.15, 0.2) is 52.3 Å². The Bertz CT molecular complexity index is 680. The molecule has 4 nitrogen and oxygen atoms in total. The molecule has 0 aliphatic rings. The fourth-order valence-corrected chi connectivity index (χ4v) is 2.80. The predicted molar refractivity (Wildman–Crippen MR) is 83.0 cm³/mol. The first-order valence-electron chi connectivity index (χ1n) is 6.35. The van der Waals surface area contributed by atoms with E-state index in [9.17, 15) is 9.59 Å². The summed E-state index contributed by atoms with van der Waals surface area (Å²) in [6.45, 7) is 3.25. The molecule has 5 heteroatoms. The number of carboxylic acid groups (broad SMARTS) is 1. The zero-order chi connectivity index (χ0) is 15.4. The summed E-state index contributed by atoms with van der Waals surface area (Å²) in [4.78, 5) is 23.9. The van der Waals surface area contributed by atoms with Crippen molar-refractivity contribution < 1.29 is 14.7 Å². The van der Waals surface area contributed by atoms with Gasteiger partial charge in [0.05, 0.1) is 5.56 Å². The smallest absolute Gasteiger partial charge is 0.335 e. The molecular formula is C16H15NO3S. The third-order valence-electron chi connectivity index (χ3n) is 2.84. The van der Waals surface area contributed by atoms with Crippen LogP contribution in [0.5, 0.6) is 0 Å². The van der Waals surface area contributed by atoms with E-state index in [4.69, 9.17) is 5.11 Å². The minimum absolute atomic E-state index is 0.102. The molecule has 21 heavy (non-hydrogen) atoms. The lowest BCUT2D eigenvalue weighted by Crippen LogP contribution is -2.05. The number of benzene rings is 2. The highest BCUT2D eigenvalue weighted by molar-refractivity contribution is 7.99. The summed E-state index contributed by atoms with van der Waals surface area (Å²) in [5.41, 5.74) is 1.81. The van der Waals surface area contributed by atoms with Gasteiger partial charge in [0, 0.05) is 22.4 Å². The molecule has 0 saturated heterocycles. The first kappa shape index (κ1) is 15.1. The first-order valence-corrected chi connectivity index (χ1v) is 7.17. The lowest BCUT2D eigenvalue weighted by atomic mass is 10.1. The molecule has 0 radical (unpaired) electrons. The summed E-state index contributed by atoms with van der Waals surface area (Å²) in [7, 11) is 0. The maximum Gasteiger partial charge on any atom is 0.335 e. The van der Waals surface area contributed by atoms with Gasteiger partial charge in [-0.25, -0.2) is 4.79 Å². The number of aryl methyl sites for hydroxylation is 1. The standard InChI is InChI=1S/C16H15NO3S/c1-10-9-14(7-8-15(10)16(19)20)21-13-5-3-12(4-6-13)17-11(2)18/h3-9H,1-2H3,(H,17,18)(H,19,20). The van der Waals surface area contributed by atoms with Gasteiger partial charge >= 0.3 is 5.97 Å². The quantitative estimate of drug-likeness (QED) is 0.901. The summed E-state index contributed by atoms with van der Waals surface area (Å²) in [6.07, 6.45) is 0. The number of carbonyl (C=O) groups is 2. The van der Waals surface area contributed by atoms with Crippen molar-refractivity contribution in [2.45, 2.75) is 23.6 Å². The minimum atomic E-state index is -0.913. The van der Waals surface area contributed by atoms with Crippen LogP contribution >= 0.6 is 11.8 Å². The summed E-state index contributed by atoms with van der Waals surface area (Å²) in [6, 6.07) is 12.8. The normalized spacial score (nSPS) is 10.2. The maximum absolute atomic E-state index is 11.0. The Balaban J connectivity index is 2.13. The summed E-state index contributed by atoms with van der Waals surface area (Å²) >= 11 is 1.54. The Hall–Kier alpha value is -2.27. The molecule has 0 aromatic heterocycles. The van der Waals surface area contributed by atoms with Crippen molar-refractivity contribution in [1.29, 1.82) is 0 Å². The topological polar surface area (TPSA) is 66.4 Å². The van der Waals surface area contributed by atoms with Crippen LogP contribution < -0.4 is 5.32 Å². The molecule has 0 unspecified atom stereocenters. The molecule has 0 bridgehead atoms. The Kier molecular flexibility index (Phi) is 4.65. The largest absolute Gasteiger partial charge is 0.478 e. The number of carbonyl (C=O) groups excluding carboxylic acids is 1. The van der Waals surface area contributed by atoms with E-state index in [0.29, 0.717) is 5.56 Å². The number of anilines is 1. The summed E-state index contributed by atoms with van der Waals surface area (Å²) in [5, 5.41) is 11.7. The van der Waals surface area contributed by atoms with E-state index in [1.54, 1.807) is 30.8 Å². The van der Waals surface area contributed by atoms with Crippen molar-refractivity contribution in [1.82, 2.24) is 0 Å². The second-order valence-electron chi connectivity index (χ2n) is 4.59. The number of carboxylic acids is 1. The van der Waals surface area contributed by atoms with Crippen LogP contribution in [0.1, 0.15) is 22.8 Å². The number of hydrogen-bond donors (Lipinski definition) is 2. The molecule has 0 spiro atoms. The molecule has 0 aliphatic heterocycles. The van der Waals surface area contributed by atoms with Crippen molar-refractivity contribution in [3.63, 3.8) is 0 Å². The van der Waals surface area contributed by atoms with Gasteiger partial charge in [-0.3, -0.25) is 4.79 Å². The number of rotatable bonds is 4. The van der Waals surface area contributed by atoms with Gasteiger partial charge in [-0.05, 0) is 55.0 Å². The van der Waals surface area contributed by atoms with Crippen molar-refractivity contribution in [3.8, 4) is 0 Å². The average Bonchev–Trinajstić information content (AvgIpc) is 2.40. The van der Waals surface area contributed by atoms with Gasteiger partial charge in [0.2, 0.25) is 5.91 Å². The second kappa shape index (κ2) is 6.45. The molecule has 0 saturated carbocycles. The Morgan fingerprint density at radius 2 is 1.67 bits per heavy atom. The number of amides is 1. The molecule has 108 valence electrons. The van der Waals surface area contributed by atoms with Gasteiger partial charge in [-0.1, -0.05) is 11.8 Å². The fraction of sp³-hybridized carbons (Fsp3) is 0.125. The number of aromatic carboxylic acids is 1. The highest BCUT2D eigenvalue weighted by Crippen LogP contribution is 2.29. The van der Waals surface area contributed by atoms with Crippen LogP contribution in [-0.4, -0.2) is 17.0 Å². The SMILES string of the molecule is CC(=O)Nc1ccc(Sc2ccc(C(=O)O)c(C)c2)cc1. The van der Waals surface area contributed by atoms with E-state index in [1.165, 1.54) is 6.92 Å². The number of hydrogen-bond acceptors (Lipinski definition) is 3. The van der Waals surface area contributed by atoms with Crippen LogP contribution in [0.25, 0.3) is 0 Å². The highest BCUT2D eigenvalue weighted by atomic mass is 32.2. The van der Waals surface area contributed by atoms with Gasteiger partial charge in [0.1, 0.15) is 0 Å². The minimum Gasteiger partial charge on any atom is -0.478 e. The van der Waals surface area contributed by atoms with Crippen LogP contribution in [0.4, 0.5) is 5.69 Å². The third-order valence-corrected chi connectivity index (χ3v) is 3.84. The van der Waals surface area contributed by atoms with Crippen LogP contribution in [0.3, 0.4) is 0 Å².